The van der Waals surface area contributed by atoms with Crippen molar-refractivity contribution in [1.82, 2.24) is 19.9 Å². The van der Waals surface area contributed by atoms with Gasteiger partial charge in [-0.1, -0.05) is 12.5 Å². The molecule has 0 saturated carbocycles. The molecular weight excluding hydrogens is 539 g/mol. The Balaban J connectivity index is 1.41. The molecule has 1 aliphatic heterocycles. The van der Waals surface area contributed by atoms with Gasteiger partial charge in [0.1, 0.15) is 35.2 Å². The van der Waals surface area contributed by atoms with Crippen molar-refractivity contribution in [3.8, 4) is 34.8 Å². The lowest BCUT2D eigenvalue weighted by Crippen LogP contribution is -2.26. The summed E-state index contributed by atoms with van der Waals surface area (Å²) in [4.78, 5) is 26.1. The molecular formula is C31H27FN6O4. The van der Waals surface area contributed by atoms with E-state index in [2.05, 4.69) is 33.4 Å². The van der Waals surface area contributed by atoms with Crippen LogP contribution >= 0.6 is 0 Å². The summed E-state index contributed by atoms with van der Waals surface area (Å²) in [6.07, 6.45) is 4.79. The number of benzene rings is 2. The van der Waals surface area contributed by atoms with Gasteiger partial charge in [-0.15, -0.1) is 0 Å². The highest BCUT2D eigenvalue weighted by Gasteiger charge is 2.24. The quantitative estimate of drug-likeness (QED) is 0.191. The molecule has 4 aromatic rings. The van der Waals surface area contributed by atoms with Crippen molar-refractivity contribution in [1.29, 1.82) is 5.41 Å². The fourth-order valence-corrected chi connectivity index (χ4v) is 4.68. The molecule has 0 spiro atoms. The molecule has 0 radical (unpaired) electrons. The lowest BCUT2D eigenvalue weighted by atomic mass is 10.00. The van der Waals surface area contributed by atoms with Gasteiger partial charge in [0.15, 0.2) is 11.5 Å². The van der Waals surface area contributed by atoms with Crippen molar-refractivity contribution < 1.29 is 23.4 Å². The molecule has 1 fully saturated rings. The maximum absolute atomic E-state index is 15.4. The number of hydrogen-bond donors (Lipinski definition) is 2. The third kappa shape index (κ3) is 5.55. The number of hydrogen-bond acceptors (Lipinski definition) is 9. The van der Waals surface area contributed by atoms with E-state index >= 15 is 4.39 Å². The Bertz CT molecular complexity index is 1780. The molecule has 0 aliphatic carbocycles. The number of halogens is 1. The zero-order valence-corrected chi connectivity index (χ0v) is 23.0. The number of anilines is 1. The van der Waals surface area contributed by atoms with Crippen LogP contribution in [-0.2, 0) is 4.79 Å². The standard InChI is InChI=1S/C31H27FN6O4/c1-4-28(39)38-12-10-18(16-38)5-8-23-29(31(34)37-17-36-23)30(33)20-7-6-19(13-22(20)32)42-25-9-11-35-24-15-27(41-3)26(40-2)14-21(24)25/h4,6-7,9,11,13-15,17-18,33H,1,10,12,16H2,2-3H3,(H2,34,36,37)/t18-/m1/s1. The van der Waals surface area contributed by atoms with Crippen LogP contribution < -0.4 is 19.9 Å². The van der Waals surface area contributed by atoms with E-state index in [4.69, 9.17) is 25.4 Å². The number of carbonyl (C=O) groups excluding carboxylic acids is 1. The third-order valence-corrected chi connectivity index (χ3v) is 6.84. The van der Waals surface area contributed by atoms with Crippen LogP contribution in [0.5, 0.6) is 23.0 Å². The molecule has 1 amide bonds. The van der Waals surface area contributed by atoms with E-state index in [1.807, 2.05) is 0 Å². The zero-order chi connectivity index (χ0) is 29.8. The summed E-state index contributed by atoms with van der Waals surface area (Å²) in [7, 11) is 3.06. The molecule has 212 valence electrons. The largest absolute Gasteiger partial charge is 0.493 e. The van der Waals surface area contributed by atoms with E-state index in [1.165, 1.54) is 38.8 Å². The lowest BCUT2D eigenvalue weighted by molar-refractivity contribution is -0.125. The highest BCUT2D eigenvalue weighted by Crippen LogP contribution is 2.37. The van der Waals surface area contributed by atoms with E-state index in [0.29, 0.717) is 47.7 Å². The molecule has 0 bridgehead atoms. The Labute approximate surface area is 241 Å². The number of rotatable bonds is 7. The maximum Gasteiger partial charge on any atom is 0.245 e. The number of methoxy groups -OCH3 is 2. The van der Waals surface area contributed by atoms with Gasteiger partial charge in [0.2, 0.25) is 5.91 Å². The highest BCUT2D eigenvalue weighted by atomic mass is 19.1. The van der Waals surface area contributed by atoms with Crippen molar-refractivity contribution >= 4 is 28.3 Å². The van der Waals surface area contributed by atoms with Gasteiger partial charge in [0.05, 0.1) is 31.0 Å². The summed E-state index contributed by atoms with van der Waals surface area (Å²) in [5.74, 6) is 6.80. The Kier molecular flexibility index (Phi) is 7.97. The number of nitrogen functional groups attached to an aromatic ring is 1. The normalized spacial score (nSPS) is 14.2. The van der Waals surface area contributed by atoms with E-state index in [-0.39, 0.29) is 45.9 Å². The summed E-state index contributed by atoms with van der Waals surface area (Å²) in [6.45, 7) is 4.56. The van der Waals surface area contributed by atoms with Gasteiger partial charge in [-0.3, -0.25) is 15.2 Å². The number of aromatic nitrogens is 3. The maximum atomic E-state index is 15.4. The van der Waals surface area contributed by atoms with Crippen molar-refractivity contribution in [2.75, 3.05) is 33.0 Å². The summed E-state index contributed by atoms with van der Waals surface area (Å²) < 4.78 is 32.2. The molecule has 3 N–H and O–H groups in total. The van der Waals surface area contributed by atoms with E-state index < -0.39 is 5.82 Å². The van der Waals surface area contributed by atoms with Crippen LogP contribution in [0.2, 0.25) is 0 Å². The van der Waals surface area contributed by atoms with Crippen LogP contribution in [0.4, 0.5) is 10.2 Å². The number of amides is 1. The summed E-state index contributed by atoms with van der Waals surface area (Å²) in [5.41, 5.74) is 6.79. The van der Waals surface area contributed by atoms with Gasteiger partial charge < -0.3 is 24.8 Å². The SMILES string of the molecule is C=CC(=O)N1CC[C@@H](C#Cc2ncnc(N)c2C(=N)c2ccc(Oc3ccnc4cc(OC)c(OC)cc34)cc2F)C1. The molecule has 10 nitrogen and oxygen atoms in total. The fourth-order valence-electron chi connectivity index (χ4n) is 4.68. The first kappa shape index (κ1) is 28.0. The first-order valence-electron chi connectivity index (χ1n) is 12.9. The van der Waals surface area contributed by atoms with E-state index in [0.717, 1.165) is 0 Å². The van der Waals surface area contributed by atoms with Gasteiger partial charge in [-0.25, -0.2) is 14.4 Å². The predicted molar refractivity (Wildman–Crippen MR) is 155 cm³/mol. The van der Waals surface area contributed by atoms with Crippen molar-refractivity contribution in [3.63, 3.8) is 0 Å². The first-order valence-corrected chi connectivity index (χ1v) is 12.9. The van der Waals surface area contributed by atoms with Crippen LogP contribution in [0.15, 0.2) is 61.6 Å². The van der Waals surface area contributed by atoms with Crippen LogP contribution in [0.25, 0.3) is 10.9 Å². The second kappa shape index (κ2) is 11.9. The molecule has 2 aromatic carbocycles. The smallest absolute Gasteiger partial charge is 0.245 e. The van der Waals surface area contributed by atoms with Gasteiger partial charge >= 0.3 is 0 Å². The summed E-state index contributed by atoms with van der Waals surface area (Å²) >= 11 is 0. The number of carbonyl (C=O) groups is 1. The van der Waals surface area contributed by atoms with Gasteiger partial charge in [-0.05, 0) is 42.7 Å². The number of nitrogens with one attached hydrogen (secondary N) is 1. The molecule has 0 unspecified atom stereocenters. The van der Waals surface area contributed by atoms with E-state index in [1.54, 1.807) is 35.4 Å². The number of fused-ring (bicyclic) bond motifs is 1. The summed E-state index contributed by atoms with van der Waals surface area (Å²) in [6, 6.07) is 9.28. The Morgan fingerprint density at radius 3 is 2.67 bits per heavy atom. The van der Waals surface area contributed by atoms with Crippen LogP contribution in [0.1, 0.15) is 23.2 Å². The molecule has 1 saturated heterocycles. The van der Waals surface area contributed by atoms with Crippen molar-refractivity contribution in [2.24, 2.45) is 5.92 Å². The summed E-state index contributed by atoms with van der Waals surface area (Å²) in [5, 5.41) is 9.41. The molecule has 1 aliphatic rings. The second-order valence-electron chi connectivity index (χ2n) is 9.38. The second-order valence-corrected chi connectivity index (χ2v) is 9.38. The van der Waals surface area contributed by atoms with Crippen molar-refractivity contribution in [3.05, 3.63) is 84.2 Å². The molecule has 3 heterocycles. The topological polar surface area (TPSA) is 137 Å². The lowest BCUT2D eigenvalue weighted by Gasteiger charge is -2.13. The Morgan fingerprint density at radius 2 is 1.93 bits per heavy atom. The predicted octanol–water partition coefficient (Wildman–Crippen LogP) is 4.36. The average Bonchev–Trinajstić information content (AvgIpc) is 3.48. The minimum absolute atomic E-state index is 0.00143. The van der Waals surface area contributed by atoms with Gasteiger partial charge in [0, 0.05) is 48.3 Å². The monoisotopic (exact) mass is 566 g/mol. The Hall–Kier alpha value is -5.50. The minimum Gasteiger partial charge on any atom is -0.493 e. The molecule has 1 atom stereocenters. The number of nitrogens with two attached hydrogens (primary N) is 1. The van der Waals surface area contributed by atoms with E-state index in [9.17, 15) is 4.79 Å². The number of pyridine rings is 1. The molecule has 2 aromatic heterocycles. The molecule has 42 heavy (non-hydrogen) atoms. The van der Waals surface area contributed by atoms with Crippen LogP contribution in [-0.4, -0.2) is 58.8 Å². The minimum atomic E-state index is -0.702. The van der Waals surface area contributed by atoms with Crippen LogP contribution in [0.3, 0.4) is 0 Å². The Morgan fingerprint density at radius 1 is 1.14 bits per heavy atom. The molecule has 5 rings (SSSR count). The highest BCUT2D eigenvalue weighted by molar-refractivity contribution is 6.14. The van der Waals surface area contributed by atoms with Gasteiger partial charge in [0.25, 0.3) is 0 Å². The number of likely N-dealkylation sites (tertiary alicyclic amines) is 1. The van der Waals surface area contributed by atoms with Gasteiger partial charge in [-0.2, -0.15) is 0 Å². The average molecular weight is 567 g/mol. The number of nitrogens with zero attached hydrogens (tertiary/aromatic N) is 4. The molecule has 11 heteroatoms. The number of ether oxygens (including phenoxy) is 3. The first-order chi connectivity index (χ1) is 20.3. The fraction of sp³-hybridized carbons (Fsp3) is 0.194. The zero-order valence-electron chi connectivity index (χ0n) is 23.0. The third-order valence-electron chi connectivity index (χ3n) is 6.84. The van der Waals surface area contributed by atoms with Crippen LogP contribution in [0, 0.1) is 29.0 Å². The van der Waals surface area contributed by atoms with Crippen molar-refractivity contribution in [2.45, 2.75) is 6.42 Å².